The number of hydrogen-bond donors (Lipinski definition) is 2. The molecule has 8 heteroatoms. The Labute approximate surface area is 119 Å². The van der Waals surface area contributed by atoms with E-state index in [9.17, 15) is 8.42 Å². The number of rotatable bonds is 5. The summed E-state index contributed by atoms with van der Waals surface area (Å²) in [6.45, 7) is 3.55. The third kappa shape index (κ3) is 3.26. The van der Waals surface area contributed by atoms with E-state index in [1.807, 2.05) is 6.92 Å². The van der Waals surface area contributed by atoms with Gasteiger partial charge < -0.3 is 10.2 Å². The number of nitrogens with one attached hydrogen (secondary N) is 1. The predicted molar refractivity (Wildman–Crippen MR) is 75.5 cm³/mol. The highest BCUT2D eigenvalue weighted by Crippen LogP contribution is 2.22. The maximum atomic E-state index is 12.5. The summed E-state index contributed by atoms with van der Waals surface area (Å²) in [6.07, 6.45) is 3.03. The molecule has 1 aromatic rings. The van der Waals surface area contributed by atoms with Gasteiger partial charge in [0, 0.05) is 32.0 Å². The molecule has 112 valence electrons. The van der Waals surface area contributed by atoms with Crippen LogP contribution in [0.1, 0.15) is 19.8 Å². The summed E-state index contributed by atoms with van der Waals surface area (Å²) in [5.41, 5.74) is 2.35. The molecule has 0 atom stereocenters. The van der Waals surface area contributed by atoms with Crippen LogP contribution in [0.15, 0.2) is 23.2 Å². The van der Waals surface area contributed by atoms with E-state index in [-0.39, 0.29) is 11.0 Å². The van der Waals surface area contributed by atoms with Gasteiger partial charge in [0.25, 0.3) is 0 Å². The van der Waals surface area contributed by atoms with Gasteiger partial charge in [0.2, 0.25) is 10.0 Å². The molecule has 0 unspecified atom stereocenters. The van der Waals surface area contributed by atoms with Crippen LogP contribution in [0, 0.1) is 0 Å². The number of aromatic nitrogens is 1. The van der Waals surface area contributed by atoms with Gasteiger partial charge in [0.15, 0.2) is 0 Å². The molecule has 0 amide bonds. The van der Waals surface area contributed by atoms with E-state index >= 15 is 0 Å². The molecule has 0 aromatic carbocycles. The Hall–Kier alpha value is -1.22. The van der Waals surface area contributed by atoms with E-state index in [1.54, 1.807) is 0 Å². The molecule has 2 heterocycles. The lowest BCUT2D eigenvalue weighted by Crippen LogP contribution is -2.40. The zero-order chi connectivity index (χ0) is 14.6. The molecule has 20 heavy (non-hydrogen) atoms. The Kier molecular flexibility index (Phi) is 4.92. The van der Waals surface area contributed by atoms with Crippen molar-refractivity contribution in [2.75, 3.05) is 25.1 Å². The van der Waals surface area contributed by atoms with Crippen LogP contribution in [0.3, 0.4) is 0 Å². The van der Waals surface area contributed by atoms with Crippen molar-refractivity contribution < 1.29 is 13.2 Å². The number of hydrogen-bond acceptors (Lipinski definition) is 6. The molecule has 0 spiro atoms. The summed E-state index contributed by atoms with van der Waals surface area (Å²) >= 11 is 0. The molecule has 1 aromatic heterocycles. The highest BCUT2D eigenvalue weighted by atomic mass is 32.2. The quantitative estimate of drug-likeness (QED) is 0.609. The van der Waals surface area contributed by atoms with E-state index in [2.05, 4.69) is 10.4 Å². The zero-order valence-electron chi connectivity index (χ0n) is 11.4. The first-order valence-corrected chi connectivity index (χ1v) is 8.06. The van der Waals surface area contributed by atoms with Crippen LogP contribution in [0.25, 0.3) is 0 Å². The number of ether oxygens (including phenoxy) is 1. The Morgan fingerprint density at radius 1 is 1.50 bits per heavy atom. The minimum absolute atomic E-state index is 0.158. The van der Waals surface area contributed by atoms with Gasteiger partial charge in [-0.3, -0.25) is 0 Å². The Balaban J connectivity index is 2.11. The largest absolute Gasteiger partial charge is 0.378 e. The fraction of sp³-hybridized carbons (Fsp3) is 0.583. The first kappa shape index (κ1) is 15.2. The highest BCUT2D eigenvalue weighted by molar-refractivity contribution is 7.89. The zero-order valence-corrected chi connectivity index (χ0v) is 12.3. The normalized spacial score (nSPS) is 18.1. The molecule has 0 bridgehead atoms. The average molecular weight is 300 g/mol. The summed E-state index contributed by atoms with van der Waals surface area (Å²) in [4.78, 5) is 4.12. The third-order valence-electron chi connectivity index (χ3n) is 3.32. The summed E-state index contributed by atoms with van der Waals surface area (Å²) < 4.78 is 32.0. The molecule has 1 saturated heterocycles. The molecule has 0 saturated carbocycles. The van der Waals surface area contributed by atoms with Crippen LogP contribution in [-0.2, 0) is 14.8 Å². The standard InChI is InChI=1S/C12H20N4O3S/c1-2-19-10-4-7-16(8-5-10)20(17,18)11-3-6-14-12(9-11)15-13/h3,6,9-10H,2,4-5,7-8,13H2,1H3,(H,14,15). The number of nitrogens with zero attached hydrogens (tertiary/aromatic N) is 2. The van der Waals surface area contributed by atoms with E-state index in [1.165, 1.54) is 22.6 Å². The average Bonchev–Trinajstić information content (AvgIpc) is 2.48. The summed E-state index contributed by atoms with van der Waals surface area (Å²) in [6, 6.07) is 2.91. The van der Waals surface area contributed by atoms with Gasteiger partial charge >= 0.3 is 0 Å². The van der Waals surface area contributed by atoms with Crippen LogP contribution in [0.4, 0.5) is 5.82 Å². The maximum absolute atomic E-state index is 12.5. The van der Waals surface area contributed by atoms with Crippen LogP contribution in [0.5, 0.6) is 0 Å². The van der Waals surface area contributed by atoms with Gasteiger partial charge in [0.1, 0.15) is 5.82 Å². The van der Waals surface area contributed by atoms with Crippen molar-refractivity contribution in [3.05, 3.63) is 18.3 Å². The van der Waals surface area contributed by atoms with E-state index in [0.29, 0.717) is 25.5 Å². The number of piperidine rings is 1. The fourth-order valence-corrected chi connectivity index (χ4v) is 3.76. The van der Waals surface area contributed by atoms with E-state index < -0.39 is 10.0 Å². The molecule has 1 aliphatic heterocycles. The number of anilines is 1. The van der Waals surface area contributed by atoms with Crippen molar-refractivity contribution in [2.45, 2.75) is 30.8 Å². The van der Waals surface area contributed by atoms with Crippen LogP contribution >= 0.6 is 0 Å². The number of sulfonamides is 1. The minimum atomic E-state index is -3.49. The Morgan fingerprint density at radius 2 is 2.20 bits per heavy atom. The summed E-state index contributed by atoms with van der Waals surface area (Å²) in [5.74, 6) is 5.58. The van der Waals surface area contributed by atoms with E-state index in [4.69, 9.17) is 10.6 Å². The van der Waals surface area contributed by atoms with Crippen molar-refractivity contribution in [1.82, 2.24) is 9.29 Å². The van der Waals surface area contributed by atoms with Crippen molar-refractivity contribution in [3.8, 4) is 0 Å². The van der Waals surface area contributed by atoms with Gasteiger partial charge in [-0.1, -0.05) is 0 Å². The molecule has 1 fully saturated rings. The number of nitrogens with two attached hydrogens (primary N) is 1. The second-order valence-electron chi connectivity index (χ2n) is 4.58. The summed E-state index contributed by atoms with van der Waals surface area (Å²) in [7, 11) is -3.49. The van der Waals surface area contributed by atoms with Crippen molar-refractivity contribution in [3.63, 3.8) is 0 Å². The van der Waals surface area contributed by atoms with Crippen molar-refractivity contribution in [2.24, 2.45) is 5.84 Å². The minimum Gasteiger partial charge on any atom is -0.378 e. The molecular weight excluding hydrogens is 280 g/mol. The second-order valence-corrected chi connectivity index (χ2v) is 6.52. The monoisotopic (exact) mass is 300 g/mol. The SMILES string of the molecule is CCOC1CCN(S(=O)(=O)c2ccnc(NN)c2)CC1. The predicted octanol–water partition coefficient (Wildman–Crippen LogP) is 0.557. The molecule has 7 nitrogen and oxygen atoms in total. The third-order valence-corrected chi connectivity index (χ3v) is 5.22. The smallest absolute Gasteiger partial charge is 0.243 e. The van der Waals surface area contributed by atoms with Crippen molar-refractivity contribution >= 4 is 15.8 Å². The molecule has 0 radical (unpaired) electrons. The van der Waals surface area contributed by atoms with Gasteiger partial charge in [0.05, 0.1) is 11.0 Å². The topological polar surface area (TPSA) is 97.5 Å². The van der Waals surface area contributed by atoms with Crippen molar-refractivity contribution in [1.29, 1.82) is 0 Å². The molecule has 2 rings (SSSR count). The Morgan fingerprint density at radius 3 is 2.80 bits per heavy atom. The molecular formula is C12H20N4O3S. The molecule has 1 aliphatic rings. The first-order valence-electron chi connectivity index (χ1n) is 6.62. The lowest BCUT2D eigenvalue weighted by molar-refractivity contribution is 0.0290. The van der Waals surface area contributed by atoms with Gasteiger partial charge in [-0.25, -0.2) is 19.2 Å². The molecule has 3 N–H and O–H groups in total. The number of pyridine rings is 1. The van der Waals surface area contributed by atoms with Gasteiger partial charge in [-0.15, -0.1) is 0 Å². The van der Waals surface area contributed by atoms with Gasteiger partial charge in [-0.2, -0.15) is 4.31 Å². The van der Waals surface area contributed by atoms with Crippen LogP contribution in [-0.4, -0.2) is 43.5 Å². The number of hydrazine groups is 1. The van der Waals surface area contributed by atoms with Crippen LogP contribution < -0.4 is 11.3 Å². The second kappa shape index (κ2) is 6.49. The van der Waals surface area contributed by atoms with Crippen LogP contribution in [0.2, 0.25) is 0 Å². The summed E-state index contributed by atoms with van der Waals surface area (Å²) in [5, 5.41) is 0. The number of nitrogen functional groups attached to an aromatic ring is 1. The van der Waals surface area contributed by atoms with Gasteiger partial charge in [-0.05, 0) is 25.8 Å². The first-order chi connectivity index (χ1) is 9.57. The Bertz CT molecular complexity index is 541. The maximum Gasteiger partial charge on any atom is 0.243 e. The lowest BCUT2D eigenvalue weighted by Gasteiger charge is -2.30. The molecule has 0 aliphatic carbocycles. The highest BCUT2D eigenvalue weighted by Gasteiger charge is 2.29. The fourth-order valence-electron chi connectivity index (χ4n) is 2.27. The lowest BCUT2D eigenvalue weighted by atomic mass is 10.1. The van der Waals surface area contributed by atoms with E-state index in [0.717, 1.165) is 12.8 Å².